The van der Waals surface area contributed by atoms with Gasteiger partial charge >= 0.3 is 0 Å². The van der Waals surface area contributed by atoms with Gasteiger partial charge in [0.05, 0.1) is 12.0 Å². The second-order valence-electron chi connectivity index (χ2n) is 7.81. The average Bonchev–Trinajstić information content (AvgIpc) is 2.68. The summed E-state index contributed by atoms with van der Waals surface area (Å²) in [5.74, 6) is 1.26. The number of rotatable bonds is 6. The lowest BCUT2D eigenvalue weighted by Crippen LogP contribution is -2.45. The van der Waals surface area contributed by atoms with Crippen LogP contribution in [0.5, 0.6) is 5.75 Å². The molecule has 3 rings (SSSR count). The highest BCUT2D eigenvalue weighted by Gasteiger charge is 2.43. The molecule has 28 heavy (non-hydrogen) atoms. The Morgan fingerprint density at radius 1 is 1.21 bits per heavy atom. The van der Waals surface area contributed by atoms with Crippen LogP contribution in [-0.2, 0) is 14.9 Å². The third kappa shape index (κ3) is 4.50. The molecule has 0 atom stereocenters. The zero-order valence-corrected chi connectivity index (χ0v) is 17.5. The van der Waals surface area contributed by atoms with Crippen LogP contribution in [-0.4, -0.2) is 25.7 Å². The number of hydrogen-bond acceptors (Lipinski definition) is 3. The smallest absolute Gasteiger partial charge is 0.235 e. The monoisotopic (exact) mass is 401 g/mol. The lowest BCUT2D eigenvalue weighted by molar-refractivity contribution is -0.125. The maximum Gasteiger partial charge on any atom is 0.235 e. The zero-order chi connectivity index (χ0) is 20.1. The number of anilines is 1. The van der Waals surface area contributed by atoms with E-state index in [2.05, 4.69) is 19.2 Å². The summed E-state index contributed by atoms with van der Waals surface area (Å²) in [6.07, 6.45) is 1.22. The lowest BCUT2D eigenvalue weighted by atomic mass is 9.73. The largest absolute Gasteiger partial charge is 0.493 e. The number of amides is 1. The van der Waals surface area contributed by atoms with Crippen LogP contribution in [0.3, 0.4) is 0 Å². The predicted octanol–water partition coefficient (Wildman–Crippen LogP) is 5.37. The highest BCUT2D eigenvalue weighted by Crippen LogP contribution is 2.39. The van der Waals surface area contributed by atoms with Crippen LogP contribution >= 0.6 is 11.6 Å². The number of carbonyl (C=O) groups is 1. The van der Waals surface area contributed by atoms with Gasteiger partial charge < -0.3 is 14.8 Å². The van der Waals surface area contributed by atoms with Crippen LogP contribution < -0.4 is 10.1 Å². The molecule has 2 aromatic rings. The van der Waals surface area contributed by atoms with Crippen molar-refractivity contribution in [2.45, 2.75) is 39.0 Å². The van der Waals surface area contributed by atoms with Crippen molar-refractivity contribution >= 4 is 23.2 Å². The minimum Gasteiger partial charge on any atom is -0.493 e. The third-order valence-corrected chi connectivity index (χ3v) is 5.50. The molecular weight excluding hydrogens is 374 g/mol. The molecule has 1 N–H and O–H groups in total. The Hall–Kier alpha value is -2.04. The second-order valence-corrected chi connectivity index (χ2v) is 8.22. The van der Waals surface area contributed by atoms with Gasteiger partial charge in [-0.15, -0.1) is 0 Å². The van der Waals surface area contributed by atoms with Gasteiger partial charge in [0.2, 0.25) is 5.91 Å². The molecule has 0 bridgehead atoms. The highest BCUT2D eigenvalue weighted by atomic mass is 35.5. The molecule has 0 saturated carbocycles. The van der Waals surface area contributed by atoms with E-state index >= 15 is 0 Å². The van der Waals surface area contributed by atoms with Gasteiger partial charge in [0.15, 0.2) is 0 Å². The minimum absolute atomic E-state index is 0.0425. The number of hydrogen-bond donors (Lipinski definition) is 1. The summed E-state index contributed by atoms with van der Waals surface area (Å²) < 4.78 is 11.4. The van der Waals surface area contributed by atoms with E-state index in [0.717, 1.165) is 22.6 Å². The van der Waals surface area contributed by atoms with Crippen molar-refractivity contribution in [1.82, 2.24) is 0 Å². The molecule has 1 saturated heterocycles. The summed E-state index contributed by atoms with van der Waals surface area (Å²) in [5, 5.41) is 3.72. The molecule has 0 radical (unpaired) electrons. The molecule has 2 aromatic carbocycles. The normalized spacial score (nSPS) is 16.0. The Morgan fingerprint density at radius 2 is 1.93 bits per heavy atom. The fourth-order valence-electron chi connectivity index (χ4n) is 3.58. The summed E-state index contributed by atoms with van der Waals surface area (Å²) in [6.45, 7) is 7.98. The van der Waals surface area contributed by atoms with E-state index in [9.17, 15) is 4.79 Å². The quantitative estimate of drug-likeness (QED) is 0.707. The molecule has 1 aliphatic rings. The molecule has 1 amide bonds. The van der Waals surface area contributed by atoms with Gasteiger partial charge in [0, 0.05) is 23.9 Å². The fourth-order valence-corrected chi connectivity index (χ4v) is 3.90. The summed E-state index contributed by atoms with van der Waals surface area (Å²) in [4.78, 5) is 13.4. The number of aryl methyl sites for hydroxylation is 1. The van der Waals surface area contributed by atoms with E-state index in [0.29, 0.717) is 43.6 Å². The predicted molar refractivity (Wildman–Crippen MR) is 113 cm³/mol. The zero-order valence-electron chi connectivity index (χ0n) is 16.8. The van der Waals surface area contributed by atoms with E-state index in [-0.39, 0.29) is 5.91 Å². The van der Waals surface area contributed by atoms with Gasteiger partial charge in [-0.2, -0.15) is 0 Å². The summed E-state index contributed by atoms with van der Waals surface area (Å²) in [5.41, 5.74) is 1.94. The molecular formula is C23H28ClNO3. The number of halogens is 1. The van der Waals surface area contributed by atoms with E-state index in [1.165, 1.54) is 0 Å². The molecule has 1 heterocycles. The molecule has 0 spiro atoms. The van der Waals surface area contributed by atoms with E-state index in [1.807, 2.05) is 49.4 Å². The Kier molecular flexibility index (Phi) is 6.63. The Balaban J connectivity index is 1.83. The first-order chi connectivity index (χ1) is 13.4. The number of ether oxygens (including phenoxy) is 2. The molecule has 5 heteroatoms. The summed E-state index contributed by atoms with van der Waals surface area (Å²) >= 11 is 6.46. The summed E-state index contributed by atoms with van der Waals surface area (Å²) in [7, 11) is 0. The minimum atomic E-state index is -0.683. The van der Waals surface area contributed by atoms with Gasteiger partial charge in [0.25, 0.3) is 0 Å². The Bertz CT molecular complexity index is 828. The van der Waals surface area contributed by atoms with Crippen LogP contribution in [0.1, 0.15) is 37.8 Å². The maximum absolute atomic E-state index is 13.4. The van der Waals surface area contributed by atoms with E-state index < -0.39 is 5.41 Å². The highest BCUT2D eigenvalue weighted by molar-refractivity contribution is 6.31. The van der Waals surface area contributed by atoms with Crippen molar-refractivity contribution in [3.8, 4) is 5.75 Å². The topological polar surface area (TPSA) is 47.6 Å². The molecule has 0 unspecified atom stereocenters. The van der Waals surface area contributed by atoms with Gasteiger partial charge in [-0.3, -0.25) is 4.79 Å². The van der Waals surface area contributed by atoms with Crippen LogP contribution in [0.15, 0.2) is 42.5 Å². The van der Waals surface area contributed by atoms with E-state index in [1.54, 1.807) is 0 Å². The first-order valence-corrected chi connectivity index (χ1v) is 10.2. The Labute approximate surface area is 172 Å². The van der Waals surface area contributed by atoms with Crippen LogP contribution in [0.2, 0.25) is 5.02 Å². The molecule has 4 nitrogen and oxygen atoms in total. The summed E-state index contributed by atoms with van der Waals surface area (Å²) in [6, 6.07) is 13.4. The molecule has 0 aliphatic carbocycles. The Morgan fingerprint density at radius 3 is 2.57 bits per heavy atom. The molecule has 1 fully saturated rings. The number of carbonyl (C=O) groups excluding carboxylic acids is 1. The number of nitrogens with one attached hydrogen (secondary N) is 1. The second kappa shape index (κ2) is 8.97. The van der Waals surface area contributed by atoms with Crippen molar-refractivity contribution in [3.05, 3.63) is 58.6 Å². The van der Waals surface area contributed by atoms with Crippen LogP contribution in [0, 0.1) is 12.8 Å². The molecule has 0 aromatic heterocycles. The van der Waals surface area contributed by atoms with Crippen LogP contribution in [0.4, 0.5) is 5.69 Å². The van der Waals surface area contributed by atoms with Crippen molar-refractivity contribution in [2.75, 3.05) is 25.1 Å². The lowest BCUT2D eigenvalue weighted by Gasteiger charge is -2.36. The number of benzene rings is 2. The van der Waals surface area contributed by atoms with Gasteiger partial charge in [0.1, 0.15) is 5.75 Å². The standard InChI is InChI=1S/C23H28ClNO3/c1-16(2)15-28-21-9-8-18(14-17(21)3)25-22(26)23(10-12-27-13-11-23)19-6-4-5-7-20(19)24/h4-9,14,16H,10-13,15H2,1-3H3,(H,25,26). The van der Waals surface area contributed by atoms with Crippen molar-refractivity contribution < 1.29 is 14.3 Å². The fraction of sp³-hybridized carbons (Fsp3) is 0.435. The van der Waals surface area contributed by atoms with Gasteiger partial charge in [-0.05, 0) is 61.1 Å². The maximum atomic E-state index is 13.4. The van der Waals surface area contributed by atoms with Crippen molar-refractivity contribution in [1.29, 1.82) is 0 Å². The van der Waals surface area contributed by atoms with Crippen molar-refractivity contribution in [3.63, 3.8) is 0 Å². The van der Waals surface area contributed by atoms with Crippen molar-refractivity contribution in [2.24, 2.45) is 5.92 Å². The first-order valence-electron chi connectivity index (χ1n) is 9.80. The SMILES string of the molecule is Cc1cc(NC(=O)C2(c3ccccc3Cl)CCOCC2)ccc1OCC(C)C. The first kappa shape index (κ1) is 20.7. The molecule has 150 valence electrons. The van der Waals surface area contributed by atoms with Gasteiger partial charge in [-0.25, -0.2) is 0 Å². The third-order valence-electron chi connectivity index (χ3n) is 5.18. The van der Waals surface area contributed by atoms with Gasteiger partial charge in [-0.1, -0.05) is 43.6 Å². The van der Waals surface area contributed by atoms with E-state index in [4.69, 9.17) is 21.1 Å². The molecule has 1 aliphatic heterocycles. The van der Waals surface area contributed by atoms with Crippen LogP contribution in [0.25, 0.3) is 0 Å². The average molecular weight is 402 g/mol.